The van der Waals surface area contributed by atoms with Gasteiger partial charge in [0.1, 0.15) is 25.4 Å². The van der Waals surface area contributed by atoms with Crippen LogP contribution in [0.5, 0.6) is 0 Å². The van der Waals surface area contributed by atoms with E-state index in [1.165, 1.54) is 83.5 Å². The number of hydrogen-bond acceptors (Lipinski definition) is 14. The van der Waals surface area contributed by atoms with Crippen LogP contribution in [0.1, 0.15) is 290 Å². The molecule has 0 spiro atoms. The van der Waals surface area contributed by atoms with E-state index in [1.807, 2.05) is 0 Å². The number of ether oxygens (including phenoxy) is 3. The fourth-order valence-electron chi connectivity index (χ4n) is 9.96. The van der Waals surface area contributed by atoms with Crippen LogP contribution >= 0.6 is 15.6 Å². The van der Waals surface area contributed by atoms with Crippen LogP contribution in [0.25, 0.3) is 0 Å². The number of carbonyl (C=O) groups excluding carboxylic acids is 3. The second-order valence-electron chi connectivity index (χ2n) is 25.7. The molecule has 0 saturated heterocycles. The lowest BCUT2D eigenvalue weighted by Crippen LogP contribution is -2.30. The third-order valence-electron chi connectivity index (χ3n) is 15.9. The van der Waals surface area contributed by atoms with Crippen molar-refractivity contribution < 1.29 is 75.8 Å². The molecule has 0 aliphatic heterocycles. The van der Waals surface area contributed by atoms with Gasteiger partial charge >= 0.3 is 33.6 Å². The summed E-state index contributed by atoms with van der Waals surface area (Å²) < 4.78 is 61.1. The highest BCUT2D eigenvalue weighted by molar-refractivity contribution is 7.47. The van der Waals surface area contributed by atoms with Gasteiger partial charge < -0.3 is 34.2 Å². The van der Waals surface area contributed by atoms with Gasteiger partial charge in [-0.2, -0.15) is 0 Å². The molecule has 0 bridgehead atoms. The fraction of sp³-hybridized carbons (Fsp3) is 0.635. The van der Waals surface area contributed by atoms with Gasteiger partial charge in [0.15, 0.2) is 6.10 Å². The Morgan fingerprint density at radius 2 is 0.515 bits per heavy atom. The maximum absolute atomic E-state index is 13.0. The summed E-state index contributed by atoms with van der Waals surface area (Å²) in [6, 6.07) is 0. The summed E-state index contributed by atoms with van der Waals surface area (Å²) in [5, 5.41) is 20.6. The van der Waals surface area contributed by atoms with Gasteiger partial charge in [-0.1, -0.05) is 287 Å². The monoisotopic (exact) mass is 1480 g/mol. The Morgan fingerprint density at radius 3 is 0.825 bits per heavy atom. The average Bonchev–Trinajstić information content (AvgIpc) is 0.939. The number of phosphoric ester groups is 2. The highest BCUT2D eigenvalue weighted by Crippen LogP contribution is 2.45. The van der Waals surface area contributed by atoms with Crippen molar-refractivity contribution in [2.75, 3.05) is 39.6 Å². The molecule has 0 rings (SSSR count). The first-order valence-electron chi connectivity index (χ1n) is 39.4. The maximum atomic E-state index is 13.0. The molecule has 0 aromatic heterocycles. The Balaban J connectivity index is 4.64. The van der Waals surface area contributed by atoms with Crippen LogP contribution in [0.3, 0.4) is 0 Å². The van der Waals surface area contributed by atoms with Crippen LogP contribution in [0, 0.1) is 0 Å². The first kappa shape index (κ1) is 97.9. The molecule has 5 atom stereocenters. The molecule has 16 nitrogen and oxygen atoms in total. The molecule has 586 valence electrons. The molecular formula is C85H140O16P2. The molecule has 0 radical (unpaired) electrons. The molecule has 0 aliphatic rings. The topological polar surface area (TPSA) is 231 Å². The molecular weight excluding hydrogens is 1340 g/mol. The lowest BCUT2D eigenvalue weighted by atomic mass is 10.0. The summed E-state index contributed by atoms with van der Waals surface area (Å²) in [5.41, 5.74) is 0. The van der Waals surface area contributed by atoms with Crippen LogP contribution in [-0.4, -0.2) is 95.9 Å². The van der Waals surface area contributed by atoms with Crippen LogP contribution in [0.15, 0.2) is 170 Å². The highest BCUT2D eigenvalue weighted by atomic mass is 31.2. The van der Waals surface area contributed by atoms with E-state index in [1.54, 1.807) is 0 Å². The van der Waals surface area contributed by atoms with E-state index in [-0.39, 0.29) is 19.3 Å². The van der Waals surface area contributed by atoms with E-state index >= 15 is 0 Å². The van der Waals surface area contributed by atoms with Gasteiger partial charge in [-0.3, -0.25) is 32.5 Å². The highest BCUT2D eigenvalue weighted by Gasteiger charge is 2.29. The van der Waals surface area contributed by atoms with Crippen LogP contribution in [0.4, 0.5) is 0 Å². The minimum atomic E-state index is -4.96. The SMILES string of the molecule is CC/C=C\C/C=C\C/C=C\C/C=C\C/C=C\CCCCCC(=O)OCC(COP(=O)(O)OCC(O)COP(=O)(O)OCC(O)COC(=O)CCCCCCCCCCCCCCC/C=C\C/C=C\C/C=C\C/C=C\CCCCC)OC(=O)CCCCC/C=C\C/C=C\C/C=C\C/C=C\C/C=C\CC. The van der Waals surface area contributed by atoms with Crippen molar-refractivity contribution in [2.45, 2.75) is 309 Å². The third-order valence-corrected chi connectivity index (χ3v) is 17.8. The maximum Gasteiger partial charge on any atom is 0.472 e. The van der Waals surface area contributed by atoms with E-state index in [0.29, 0.717) is 19.3 Å². The number of esters is 3. The van der Waals surface area contributed by atoms with Crippen molar-refractivity contribution in [3.05, 3.63) is 170 Å². The largest absolute Gasteiger partial charge is 0.472 e. The number of hydrogen-bond donors (Lipinski definition) is 4. The van der Waals surface area contributed by atoms with Crippen molar-refractivity contribution in [3.8, 4) is 0 Å². The van der Waals surface area contributed by atoms with Gasteiger partial charge in [0.25, 0.3) is 0 Å². The first-order chi connectivity index (χ1) is 50.2. The molecule has 103 heavy (non-hydrogen) atoms. The molecule has 0 saturated carbocycles. The number of aliphatic hydroxyl groups is 2. The van der Waals surface area contributed by atoms with E-state index in [9.17, 15) is 43.5 Å². The zero-order valence-corrected chi connectivity index (χ0v) is 65.7. The van der Waals surface area contributed by atoms with E-state index in [0.717, 1.165) is 148 Å². The van der Waals surface area contributed by atoms with Crippen LogP contribution < -0.4 is 0 Å². The predicted molar refractivity (Wildman–Crippen MR) is 426 cm³/mol. The fourth-order valence-corrected chi connectivity index (χ4v) is 11.5. The van der Waals surface area contributed by atoms with Gasteiger partial charge in [0, 0.05) is 19.3 Å². The molecule has 0 heterocycles. The predicted octanol–water partition coefficient (Wildman–Crippen LogP) is 23.2. The Morgan fingerprint density at radius 1 is 0.282 bits per heavy atom. The number of carbonyl (C=O) groups is 3. The second kappa shape index (κ2) is 76.6. The van der Waals surface area contributed by atoms with Gasteiger partial charge in [0.05, 0.1) is 26.4 Å². The van der Waals surface area contributed by atoms with Gasteiger partial charge in [0.2, 0.25) is 0 Å². The minimum absolute atomic E-state index is 0.0511. The van der Waals surface area contributed by atoms with E-state index < -0.39 is 91.5 Å². The van der Waals surface area contributed by atoms with Gasteiger partial charge in [-0.15, -0.1) is 0 Å². The smallest absolute Gasteiger partial charge is 0.463 e. The van der Waals surface area contributed by atoms with Gasteiger partial charge in [-0.05, 0) is 154 Å². The molecule has 0 fully saturated rings. The van der Waals surface area contributed by atoms with Crippen molar-refractivity contribution in [3.63, 3.8) is 0 Å². The van der Waals surface area contributed by atoms with Crippen LogP contribution in [0.2, 0.25) is 0 Å². The molecule has 0 amide bonds. The average molecular weight is 1480 g/mol. The Labute approximate surface area is 624 Å². The Hall–Kier alpha value is -5.09. The number of rotatable bonds is 73. The van der Waals surface area contributed by atoms with Crippen molar-refractivity contribution in [1.29, 1.82) is 0 Å². The van der Waals surface area contributed by atoms with Crippen molar-refractivity contribution in [1.82, 2.24) is 0 Å². The first-order valence-corrected chi connectivity index (χ1v) is 42.4. The summed E-state index contributed by atoms with van der Waals surface area (Å²) in [6.45, 7) is 2.33. The molecule has 5 unspecified atom stereocenters. The number of unbranched alkanes of at least 4 members (excludes halogenated alkanes) is 22. The number of allylic oxidation sites excluding steroid dienone is 28. The number of phosphoric acid groups is 2. The normalized spacial score (nSPS) is 14.9. The summed E-state index contributed by atoms with van der Waals surface area (Å²) >= 11 is 0. The van der Waals surface area contributed by atoms with Gasteiger partial charge in [-0.25, -0.2) is 9.13 Å². The standard InChI is InChI=1S/C85H140O16P2/c1-4-7-10-13-16-19-22-25-28-31-34-35-36-37-38-39-40-41-42-43-46-48-50-53-56-59-62-65-68-71-83(88)95-74-80(86)75-97-102(91,92)98-76-81(87)77-99-103(93,94)100-79-82(101-85(90)73-70-67-64-61-58-55-52-49-45-33-30-27-24-21-18-15-12-9-6-3)78-96-84(89)72-69-66-63-60-57-54-51-47-44-32-29-26-23-20-17-14-11-8-5-2/h8-9,11-12,16-21,25-30,34-35,37-38,44-45,47,49,54-55,57-58,80-82,86-87H,4-7,10,13-15,22-24,31-33,36,39-43,46,48,50-53,56,59-79H2,1-3H3,(H,91,92)(H,93,94)/b11-8-,12-9-,19-16-,20-17-,21-18-,28-25-,29-26-,30-27-,35-34-,38-37-,47-44-,49-45-,57-54-,58-55-. The quantitative estimate of drug-likeness (QED) is 0.0146. The van der Waals surface area contributed by atoms with Crippen molar-refractivity contribution >= 4 is 33.6 Å². The Kier molecular flexibility index (Phi) is 72.8. The summed E-state index contributed by atoms with van der Waals surface area (Å²) in [5.74, 6) is -1.66. The van der Waals surface area contributed by atoms with Crippen LogP contribution in [-0.2, 0) is 55.8 Å². The Bertz CT molecular complexity index is 2550. The van der Waals surface area contributed by atoms with Crippen molar-refractivity contribution in [2.24, 2.45) is 0 Å². The molecule has 0 aliphatic carbocycles. The summed E-state index contributed by atoms with van der Waals surface area (Å²) in [6.07, 6.45) is 96.9. The zero-order chi connectivity index (χ0) is 75.2. The van der Waals surface area contributed by atoms with E-state index in [2.05, 4.69) is 191 Å². The van der Waals surface area contributed by atoms with E-state index in [4.69, 9.17) is 32.3 Å². The lowest BCUT2D eigenvalue weighted by Gasteiger charge is -2.21. The summed E-state index contributed by atoms with van der Waals surface area (Å²) in [7, 11) is -9.82. The molecule has 18 heteroatoms. The minimum Gasteiger partial charge on any atom is -0.463 e. The number of aliphatic hydroxyl groups excluding tert-OH is 2. The molecule has 4 N–H and O–H groups in total. The second-order valence-corrected chi connectivity index (χ2v) is 28.7. The third kappa shape index (κ3) is 77.8. The summed E-state index contributed by atoms with van der Waals surface area (Å²) in [4.78, 5) is 58.7. The molecule has 0 aromatic rings. The lowest BCUT2D eigenvalue weighted by molar-refractivity contribution is -0.161. The molecule has 0 aromatic carbocycles. The zero-order valence-electron chi connectivity index (χ0n) is 63.9.